The van der Waals surface area contributed by atoms with E-state index in [4.69, 9.17) is 9.47 Å². The van der Waals surface area contributed by atoms with Crippen molar-refractivity contribution in [2.45, 2.75) is 27.7 Å². The maximum absolute atomic E-state index is 11.9. The molecule has 0 N–H and O–H groups in total. The molecule has 0 atom stereocenters. The van der Waals surface area contributed by atoms with E-state index in [2.05, 4.69) is 5.10 Å². The number of carbonyl (C=O) groups excluding carboxylic acids is 2. The fourth-order valence-corrected chi connectivity index (χ4v) is 1.58. The standard InChI is InChI=1S/C13H18N2O4/c1-5-18-12(16)8-11(13(17)19-6-2)15-10(4)7-9(3)14-15/h7-8H,5-6H2,1-4H3/b11-8+. The highest BCUT2D eigenvalue weighted by Gasteiger charge is 2.18. The van der Waals surface area contributed by atoms with Gasteiger partial charge in [0.15, 0.2) is 5.70 Å². The van der Waals surface area contributed by atoms with Crippen LogP contribution in [0.5, 0.6) is 0 Å². The number of carbonyl (C=O) groups is 2. The predicted octanol–water partition coefficient (Wildman–Crippen LogP) is 1.47. The molecule has 0 aliphatic rings. The van der Waals surface area contributed by atoms with E-state index in [1.54, 1.807) is 33.8 Å². The number of nitrogens with zero attached hydrogens (tertiary/aromatic N) is 2. The highest BCUT2D eigenvalue weighted by Crippen LogP contribution is 2.12. The van der Waals surface area contributed by atoms with E-state index in [0.717, 1.165) is 17.5 Å². The third kappa shape index (κ3) is 3.94. The predicted molar refractivity (Wildman–Crippen MR) is 69.2 cm³/mol. The van der Waals surface area contributed by atoms with Gasteiger partial charge in [0, 0.05) is 5.69 Å². The molecular weight excluding hydrogens is 248 g/mol. The summed E-state index contributed by atoms with van der Waals surface area (Å²) < 4.78 is 11.1. The average molecular weight is 266 g/mol. The SMILES string of the molecule is CCOC(=O)/C=C(\C(=O)OCC)n1nc(C)cc1C. The van der Waals surface area contributed by atoms with Crippen molar-refractivity contribution in [3.63, 3.8) is 0 Å². The van der Waals surface area contributed by atoms with Gasteiger partial charge in [-0.15, -0.1) is 0 Å². The lowest BCUT2D eigenvalue weighted by Crippen LogP contribution is -2.17. The molecule has 1 rings (SSSR count). The van der Waals surface area contributed by atoms with Gasteiger partial charge >= 0.3 is 11.9 Å². The van der Waals surface area contributed by atoms with Crippen molar-refractivity contribution in [3.05, 3.63) is 23.5 Å². The van der Waals surface area contributed by atoms with E-state index in [9.17, 15) is 9.59 Å². The number of hydrogen-bond acceptors (Lipinski definition) is 5. The lowest BCUT2D eigenvalue weighted by molar-refractivity contribution is -0.139. The van der Waals surface area contributed by atoms with Gasteiger partial charge in [-0.05, 0) is 33.8 Å². The Labute approximate surface area is 112 Å². The molecule has 0 unspecified atom stereocenters. The second kappa shape index (κ2) is 6.72. The Morgan fingerprint density at radius 2 is 1.89 bits per heavy atom. The largest absolute Gasteiger partial charge is 0.463 e. The second-order valence-corrected chi connectivity index (χ2v) is 3.84. The summed E-state index contributed by atoms with van der Waals surface area (Å²) in [6.07, 6.45) is 1.10. The molecule has 0 radical (unpaired) electrons. The lowest BCUT2D eigenvalue weighted by atomic mass is 10.3. The Morgan fingerprint density at radius 1 is 1.26 bits per heavy atom. The van der Waals surface area contributed by atoms with Gasteiger partial charge in [-0.3, -0.25) is 0 Å². The van der Waals surface area contributed by atoms with Crippen LogP contribution in [0.25, 0.3) is 5.70 Å². The number of rotatable bonds is 5. The van der Waals surface area contributed by atoms with E-state index in [1.165, 1.54) is 4.68 Å². The van der Waals surface area contributed by atoms with Crippen LogP contribution < -0.4 is 0 Å². The van der Waals surface area contributed by atoms with Crippen molar-refractivity contribution in [2.75, 3.05) is 13.2 Å². The first-order valence-corrected chi connectivity index (χ1v) is 6.08. The molecule has 0 bridgehead atoms. The van der Waals surface area contributed by atoms with Crippen LogP contribution in [0.3, 0.4) is 0 Å². The van der Waals surface area contributed by atoms with Crippen molar-refractivity contribution >= 4 is 17.6 Å². The van der Waals surface area contributed by atoms with Crippen LogP contribution in [0.15, 0.2) is 12.1 Å². The monoisotopic (exact) mass is 266 g/mol. The van der Waals surface area contributed by atoms with Gasteiger partial charge in [-0.1, -0.05) is 0 Å². The van der Waals surface area contributed by atoms with Gasteiger partial charge in [0.05, 0.1) is 25.0 Å². The van der Waals surface area contributed by atoms with Crippen molar-refractivity contribution in [1.82, 2.24) is 9.78 Å². The minimum atomic E-state index is -0.609. The maximum Gasteiger partial charge on any atom is 0.357 e. The molecule has 0 aliphatic carbocycles. The Hall–Kier alpha value is -2.11. The van der Waals surface area contributed by atoms with Crippen LogP contribution in [-0.2, 0) is 19.1 Å². The van der Waals surface area contributed by atoms with Gasteiger partial charge in [-0.25, -0.2) is 14.3 Å². The van der Waals surface area contributed by atoms with Crippen molar-refractivity contribution in [3.8, 4) is 0 Å². The molecule has 0 amide bonds. The fraction of sp³-hybridized carbons (Fsp3) is 0.462. The van der Waals surface area contributed by atoms with E-state index in [-0.39, 0.29) is 18.9 Å². The minimum absolute atomic E-state index is 0.0471. The third-order valence-corrected chi connectivity index (χ3v) is 2.26. The Balaban J connectivity index is 3.16. The smallest absolute Gasteiger partial charge is 0.357 e. The maximum atomic E-state index is 11.9. The Bertz CT molecular complexity index is 503. The van der Waals surface area contributed by atoms with E-state index in [1.807, 2.05) is 0 Å². The zero-order valence-corrected chi connectivity index (χ0v) is 11.6. The van der Waals surface area contributed by atoms with E-state index < -0.39 is 11.9 Å². The summed E-state index contributed by atoms with van der Waals surface area (Å²) in [4.78, 5) is 23.4. The van der Waals surface area contributed by atoms with Crippen molar-refractivity contribution in [2.24, 2.45) is 0 Å². The second-order valence-electron chi connectivity index (χ2n) is 3.84. The minimum Gasteiger partial charge on any atom is -0.463 e. The van der Waals surface area contributed by atoms with E-state index in [0.29, 0.717) is 0 Å². The molecule has 0 fully saturated rings. The summed E-state index contributed by atoms with van der Waals surface area (Å²) in [5.74, 6) is -1.21. The first-order chi connectivity index (χ1) is 8.99. The van der Waals surface area contributed by atoms with Crippen molar-refractivity contribution < 1.29 is 19.1 Å². The van der Waals surface area contributed by atoms with E-state index >= 15 is 0 Å². The van der Waals surface area contributed by atoms with Gasteiger partial charge in [0.1, 0.15) is 0 Å². The normalized spacial score (nSPS) is 11.3. The van der Waals surface area contributed by atoms with Gasteiger partial charge < -0.3 is 9.47 Å². The molecule has 1 aromatic heterocycles. The van der Waals surface area contributed by atoms with Crippen LogP contribution in [0.2, 0.25) is 0 Å². The average Bonchev–Trinajstić information content (AvgIpc) is 2.66. The van der Waals surface area contributed by atoms with Crippen molar-refractivity contribution in [1.29, 1.82) is 0 Å². The quantitative estimate of drug-likeness (QED) is 0.596. The zero-order chi connectivity index (χ0) is 14.4. The molecule has 6 nitrogen and oxygen atoms in total. The summed E-state index contributed by atoms with van der Waals surface area (Å²) in [6, 6.07) is 1.80. The molecule has 0 saturated heterocycles. The molecular formula is C13H18N2O4. The first-order valence-electron chi connectivity index (χ1n) is 6.08. The molecule has 104 valence electrons. The third-order valence-electron chi connectivity index (χ3n) is 2.26. The molecule has 0 spiro atoms. The number of hydrogen-bond donors (Lipinski definition) is 0. The zero-order valence-electron chi connectivity index (χ0n) is 11.6. The molecule has 1 heterocycles. The number of esters is 2. The highest BCUT2D eigenvalue weighted by molar-refractivity contribution is 6.14. The summed E-state index contributed by atoms with van der Waals surface area (Å²) in [7, 11) is 0. The summed E-state index contributed by atoms with van der Waals surface area (Å²) in [6.45, 7) is 7.44. The summed E-state index contributed by atoms with van der Waals surface area (Å²) >= 11 is 0. The topological polar surface area (TPSA) is 70.4 Å². The molecule has 19 heavy (non-hydrogen) atoms. The van der Waals surface area contributed by atoms with Crippen LogP contribution in [0, 0.1) is 13.8 Å². The highest BCUT2D eigenvalue weighted by atomic mass is 16.5. The molecule has 1 aromatic rings. The first kappa shape index (κ1) is 14.9. The van der Waals surface area contributed by atoms with Crippen LogP contribution in [-0.4, -0.2) is 34.9 Å². The van der Waals surface area contributed by atoms with Crippen LogP contribution in [0.4, 0.5) is 0 Å². The van der Waals surface area contributed by atoms with Gasteiger partial charge in [0.25, 0.3) is 0 Å². The Kier molecular flexibility index (Phi) is 5.29. The number of aryl methyl sites for hydroxylation is 2. The number of aromatic nitrogens is 2. The Morgan fingerprint density at radius 3 is 2.37 bits per heavy atom. The van der Waals surface area contributed by atoms with Crippen LogP contribution in [0.1, 0.15) is 25.2 Å². The molecule has 0 saturated carbocycles. The van der Waals surface area contributed by atoms with Gasteiger partial charge in [-0.2, -0.15) is 5.10 Å². The fourth-order valence-electron chi connectivity index (χ4n) is 1.58. The summed E-state index contributed by atoms with van der Waals surface area (Å²) in [5.41, 5.74) is 1.53. The molecule has 0 aliphatic heterocycles. The molecule has 6 heteroatoms. The number of ether oxygens (including phenoxy) is 2. The summed E-state index contributed by atoms with van der Waals surface area (Å²) in [5, 5.41) is 4.17. The lowest BCUT2D eigenvalue weighted by Gasteiger charge is -2.08. The van der Waals surface area contributed by atoms with Crippen LogP contribution >= 0.6 is 0 Å². The van der Waals surface area contributed by atoms with Gasteiger partial charge in [0.2, 0.25) is 0 Å². The molecule has 0 aromatic carbocycles.